The van der Waals surface area contributed by atoms with Crippen LogP contribution in [0.15, 0.2) is 0 Å². The van der Waals surface area contributed by atoms with Gasteiger partial charge in [0.15, 0.2) is 0 Å². The predicted molar refractivity (Wildman–Crippen MR) is 67.3 cm³/mol. The third kappa shape index (κ3) is 4.64. The molecule has 90 valence electrons. The van der Waals surface area contributed by atoms with E-state index in [1.807, 2.05) is 6.92 Å². The molecule has 1 aliphatic carbocycles. The predicted octanol–water partition coefficient (Wildman–Crippen LogP) is 2.44. The Morgan fingerprint density at radius 1 is 1.47 bits per heavy atom. The van der Waals surface area contributed by atoms with E-state index >= 15 is 0 Å². The Labute approximate surface area is 96.5 Å². The van der Waals surface area contributed by atoms with Crippen LogP contribution in [0.5, 0.6) is 0 Å². The molecule has 0 radical (unpaired) electrons. The third-order valence-corrected chi connectivity index (χ3v) is 5.27. The SMILES string of the molecule is CCC1CCCC(S(=O)CCC(C)N)C1. The van der Waals surface area contributed by atoms with Gasteiger partial charge < -0.3 is 5.73 Å². The lowest BCUT2D eigenvalue weighted by Crippen LogP contribution is -2.27. The van der Waals surface area contributed by atoms with Crippen LogP contribution in [0, 0.1) is 5.92 Å². The summed E-state index contributed by atoms with van der Waals surface area (Å²) < 4.78 is 12.0. The van der Waals surface area contributed by atoms with E-state index in [0.717, 1.165) is 18.1 Å². The summed E-state index contributed by atoms with van der Waals surface area (Å²) in [7, 11) is -0.629. The van der Waals surface area contributed by atoms with Crippen LogP contribution in [0.3, 0.4) is 0 Å². The van der Waals surface area contributed by atoms with Crippen LogP contribution in [0.2, 0.25) is 0 Å². The Bertz CT molecular complexity index is 206. The lowest BCUT2D eigenvalue weighted by Gasteiger charge is -2.27. The summed E-state index contributed by atoms with van der Waals surface area (Å²) in [6.07, 6.45) is 7.12. The van der Waals surface area contributed by atoms with Gasteiger partial charge in [0.05, 0.1) is 0 Å². The minimum Gasteiger partial charge on any atom is -0.328 e. The number of rotatable bonds is 5. The standard InChI is InChI=1S/C12H25NOS/c1-3-11-5-4-6-12(9-11)15(14)8-7-10(2)13/h10-12H,3-9,13H2,1-2H3. The Hall–Kier alpha value is 0.110. The fourth-order valence-corrected chi connectivity index (χ4v) is 4.17. The minimum atomic E-state index is -0.629. The van der Waals surface area contributed by atoms with E-state index in [1.54, 1.807) is 0 Å². The van der Waals surface area contributed by atoms with Gasteiger partial charge in [-0.2, -0.15) is 0 Å². The molecule has 0 aromatic rings. The van der Waals surface area contributed by atoms with Gasteiger partial charge in [0.2, 0.25) is 0 Å². The number of hydrogen-bond acceptors (Lipinski definition) is 2. The van der Waals surface area contributed by atoms with Gasteiger partial charge in [0, 0.05) is 27.8 Å². The highest BCUT2D eigenvalue weighted by Crippen LogP contribution is 2.29. The van der Waals surface area contributed by atoms with Gasteiger partial charge in [-0.1, -0.05) is 26.2 Å². The summed E-state index contributed by atoms with van der Waals surface area (Å²) in [5.74, 6) is 1.63. The molecule has 0 aliphatic heterocycles. The van der Waals surface area contributed by atoms with Crippen LogP contribution in [0.25, 0.3) is 0 Å². The van der Waals surface area contributed by atoms with Crippen molar-refractivity contribution in [1.82, 2.24) is 0 Å². The van der Waals surface area contributed by atoms with E-state index in [-0.39, 0.29) is 6.04 Å². The molecule has 1 aliphatic rings. The summed E-state index contributed by atoms with van der Waals surface area (Å²) in [5.41, 5.74) is 5.69. The van der Waals surface area contributed by atoms with Crippen molar-refractivity contribution in [1.29, 1.82) is 0 Å². The number of nitrogens with two attached hydrogens (primary N) is 1. The monoisotopic (exact) mass is 231 g/mol. The van der Waals surface area contributed by atoms with Gasteiger partial charge in [0.25, 0.3) is 0 Å². The van der Waals surface area contributed by atoms with Crippen molar-refractivity contribution in [3.05, 3.63) is 0 Å². The Morgan fingerprint density at radius 2 is 2.20 bits per heavy atom. The van der Waals surface area contributed by atoms with E-state index in [4.69, 9.17) is 5.73 Å². The molecule has 15 heavy (non-hydrogen) atoms. The quantitative estimate of drug-likeness (QED) is 0.790. The Morgan fingerprint density at radius 3 is 2.80 bits per heavy atom. The van der Waals surface area contributed by atoms with E-state index in [1.165, 1.54) is 32.1 Å². The highest BCUT2D eigenvalue weighted by Gasteiger charge is 2.24. The molecule has 1 rings (SSSR count). The number of hydrogen-bond donors (Lipinski definition) is 1. The van der Waals surface area contributed by atoms with E-state index in [2.05, 4.69) is 6.92 Å². The van der Waals surface area contributed by atoms with Gasteiger partial charge in [-0.05, 0) is 32.1 Å². The van der Waals surface area contributed by atoms with Crippen molar-refractivity contribution >= 4 is 10.8 Å². The minimum absolute atomic E-state index is 0.194. The summed E-state index contributed by atoms with van der Waals surface area (Å²) in [6.45, 7) is 4.24. The first-order chi connectivity index (χ1) is 7.13. The molecule has 0 aromatic heterocycles. The lowest BCUT2D eigenvalue weighted by molar-refractivity contribution is 0.353. The topological polar surface area (TPSA) is 43.1 Å². The average molecular weight is 231 g/mol. The second-order valence-corrected chi connectivity index (χ2v) is 6.75. The molecule has 3 heteroatoms. The maximum atomic E-state index is 12.0. The van der Waals surface area contributed by atoms with Crippen LogP contribution in [0.4, 0.5) is 0 Å². The molecule has 1 fully saturated rings. The molecule has 0 saturated heterocycles. The summed E-state index contributed by atoms with van der Waals surface area (Å²) in [6, 6.07) is 0.194. The molecular weight excluding hydrogens is 206 g/mol. The van der Waals surface area contributed by atoms with Crippen LogP contribution in [0.1, 0.15) is 52.4 Å². The van der Waals surface area contributed by atoms with Crippen molar-refractivity contribution < 1.29 is 4.21 Å². The molecule has 0 aromatic carbocycles. The normalized spacial score (nSPS) is 31.1. The zero-order valence-corrected chi connectivity index (χ0v) is 10.9. The zero-order chi connectivity index (χ0) is 11.3. The van der Waals surface area contributed by atoms with Crippen molar-refractivity contribution in [3.8, 4) is 0 Å². The van der Waals surface area contributed by atoms with Crippen molar-refractivity contribution in [3.63, 3.8) is 0 Å². The Balaban J connectivity index is 2.32. The highest BCUT2D eigenvalue weighted by molar-refractivity contribution is 7.85. The van der Waals surface area contributed by atoms with Crippen molar-refractivity contribution in [2.45, 2.75) is 63.7 Å². The van der Waals surface area contributed by atoms with Gasteiger partial charge in [-0.15, -0.1) is 0 Å². The van der Waals surface area contributed by atoms with E-state index in [9.17, 15) is 4.21 Å². The molecule has 4 atom stereocenters. The second-order valence-electron chi connectivity index (χ2n) is 4.91. The first-order valence-corrected chi connectivity index (χ1v) is 7.64. The van der Waals surface area contributed by atoms with Gasteiger partial charge in [-0.3, -0.25) is 4.21 Å². The van der Waals surface area contributed by atoms with Gasteiger partial charge >= 0.3 is 0 Å². The third-order valence-electron chi connectivity index (χ3n) is 3.46. The van der Waals surface area contributed by atoms with Crippen LogP contribution in [-0.4, -0.2) is 21.3 Å². The van der Waals surface area contributed by atoms with Crippen LogP contribution >= 0.6 is 0 Å². The van der Waals surface area contributed by atoms with Gasteiger partial charge in [-0.25, -0.2) is 0 Å². The molecule has 4 unspecified atom stereocenters. The maximum Gasteiger partial charge on any atom is 0.0350 e. The summed E-state index contributed by atoms with van der Waals surface area (Å²) in [4.78, 5) is 0. The summed E-state index contributed by atoms with van der Waals surface area (Å²) >= 11 is 0. The maximum absolute atomic E-state index is 12.0. The average Bonchev–Trinajstić information content (AvgIpc) is 2.26. The second kappa shape index (κ2) is 6.64. The lowest BCUT2D eigenvalue weighted by atomic mass is 9.87. The molecule has 2 N–H and O–H groups in total. The first-order valence-electron chi connectivity index (χ1n) is 6.26. The van der Waals surface area contributed by atoms with E-state index in [0.29, 0.717) is 5.25 Å². The fourth-order valence-electron chi connectivity index (χ4n) is 2.32. The Kier molecular flexibility index (Phi) is 5.83. The van der Waals surface area contributed by atoms with Crippen LogP contribution in [-0.2, 0) is 10.8 Å². The van der Waals surface area contributed by atoms with Crippen molar-refractivity contribution in [2.75, 3.05) is 5.75 Å². The molecule has 1 saturated carbocycles. The highest BCUT2D eigenvalue weighted by atomic mass is 32.2. The zero-order valence-electron chi connectivity index (χ0n) is 10.1. The molecule has 2 nitrogen and oxygen atoms in total. The summed E-state index contributed by atoms with van der Waals surface area (Å²) in [5, 5.41) is 0.461. The molecule has 0 bridgehead atoms. The van der Waals surface area contributed by atoms with Gasteiger partial charge in [0.1, 0.15) is 0 Å². The fraction of sp³-hybridized carbons (Fsp3) is 1.00. The smallest absolute Gasteiger partial charge is 0.0350 e. The van der Waals surface area contributed by atoms with Crippen molar-refractivity contribution in [2.24, 2.45) is 11.7 Å². The molecular formula is C12H25NOS. The molecule has 0 spiro atoms. The largest absolute Gasteiger partial charge is 0.328 e. The molecule has 0 heterocycles. The van der Waals surface area contributed by atoms with E-state index < -0.39 is 10.8 Å². The first kappa shape index (κ1) is 13.2. The van der Waals surface area contributed by atoms with Crippen LogP contribution < -0.4 is 5.73 Å². The molecule has 0 amide bonds.